The van der Waals surface area contributed by atoms with Crippen LogP contribution < -0.4 is 10.6 Å². The largest absolute Gasteiger partial charge is 0.381 e. The van der Waals surface area contributed by atoms with E-state index in [1.54, 1.807) is 0 Å². The zero-order valence-corrected chi connectivity index (χ0v) is 13.0. The first-order valence-corrected chi connectivity index (χ1v) is 7.87. The number of ether oxygens (including phenoxy) is 1. The van der Waals surface area contributed by atoms with E-state index < -0.39 is 0 Å². The molecule has 1 aliphatic rings. The molecule has 0 bridgehead atoms. The molecule has 0 unspecified atom stereocenters. The topological polar surface area (TPSA) is 50.4 Å². The highest BCUT2D eigenvalue weighted by Gasteiger charge is 2.20. The maximum absolute atomic E-state index is 11.8. The van der Waals surface area contributed by atoms with E-state index >= 15 is 0 Å². The van der Waals surface area contributed by atoms with Crippen LogP contribution in [0.4, 0.5) is 10.5 Å². The number of carbonyl (C=O) groups excluding carboxylic acids is 1. The van der Waals surface area contributed by atoms with E-state index in [2.05, 4.69) is 30.5 Å². The third kappa shape index (κ3) is 6.17. The standard InChI is InChI=1S/C17H26N2O2/c1-13(2)15-5-3-6-16(11-15)19-17(20)18-9-4-10-21-12-14-7-8-14/h3,5-6,11,13-14H,4,7-10,12H2,1-2H3,(H2,18,19,20). The molecule has 4 heteroatoms. The average molecular weight is 290 g/mol. The first kappa shape index (κ1) is 15.8. The lowest BCUT2D eigenvalue weighted by Crippen LogP contribution is -2.30. The molecule has 21 heavy (non-hydrogen) atoms. The number of anilines is 1. The number of benzene rings is 1. The number of rotatable bonds is 8. The highest BCUT2D eigenvalue weighted by Crippen LogP contribution is 2.28. The molecule has 0 heterocycles. The minimum atomic E-state index is -0.155. The molecule has 1 saturated carbocycles. The molecule has 2 N–H and O–H groups in total. The third-order valence-electron chi connectivity index (χ3n) is 3.61. The predicted octanol–water partition coefficient (Wildman–Crippen LogP) is 3.75. The summed E-state index contributed by atoms with van der Waals surface area (Å²) in [5, 5.41) is 5.72. The summed E-state index contributed by atoms with van der Waals surface area (Å²) in [4.78, 5) is 11.8. The molecule has 1 aromatic rings. The molecule has 1 fully saturated rings. The molecule has 0 aliphatic heterocycles. The van der Waals surface area contributed by atoms with E-state index in [-0.39, 0.29) is 6.03 Å². The summed E-state index contributed by atoms with van der Waals surface area (Å²) in [7, 11) is 0. The Bertz CT molecular complexity index is 456. The van der Waals surface area contributed by atoms with Gasteiger partial charge in [0.15, 0.2) is 0 Å². The van der Waals surface area contributed by atoms with E-state index in [0.29, 0.717) is 12.5 Å². The van der Waals surface area contributed by atoms with Gasteiger partial charge in [0, 0.05) is 25.4 Å². The number of hydrogen-bond acceptors (Lipinski definition) is 2. The van der Waals surface area contributed by atoms with Crippen molar-refractivity contribution < 1.29 is 9.53 Å². The number of carbonyl (C=O) groups is 1. The highest BCUT2D eigenvalue weighted by molar-refractivity contribution is 5.89. The van der Waals surface area contributed by atoms with Gasteiger partial charge in [0.05, 0.1) is 0 Å². The Hall–Kier alpha value is -1.55. The van der Waals surface area contributed by atoms with Gasteiger partial charge in [-0.15, -0.1) is 0 Å². The van der Waals surface area contributed by atoms with Crippen molar-refractivity contribution in [1.82, 2.24) is 5.32 Å². The Morgan fingerprint density at radius 1 is 1.38 bits per heavy atom. The van der Waals surface area contributed by atoms with Gasteiger partial charge in [-0.1, -0.05) is 26.0 Å². The molecule has 0 aromatic heterocycles. The third-order valence-corrected chi connectivity index (χ3v) is 3.61. The second-order valence-electron chi connectivity index (χ2n) is 6.03. The SMILES string of the molecule is CC(C)c1cccc(NC(=O)NCCCOCC2CC2)c1. The molecule has 0 radical (unpaired) electrons. The predicted molar refractivity (Wildman–Crippen MR) is 85.7 cm³/mol. The van der Waals surface area contributed by atoms with Crippen LogP contribution in [-0.2, 0) is 4.74 Å². The summed E-state index contributed by atoms with van der Waals surface area (Å²) in [6.45, 7) is 6.52. The Morgan fingerprint density at radius 3 is 2.90 bits per heavy atom. The van der Waals surface area contributed by atoms with Crippen LogP contribution in [0.15, 0.2) is 24.3 Å². The monoisotopic (exact) mass is 290 g/mol. The van der Waals surface area contributed by atoms with Crippen molar-refractivity contribution in [3.63, 3.8) is 0 Å². The number of urea groups is 1. The van der Waals surface area contributed by atoms with E-state index in [1.165, 1.54) is 18.4 Å². The van der Waals surface area contributed by atoms with Crippen LogP contribution in [0.1, 0.15) is 44.6 Å². The van der Waals surface area contributed by atoms with Gasteiger partial charge in [-0.3, -0.25) is 0 Å². The summed E-state index contributed by atoms with van der Waals surface area (Å²) in [5.74, 6) is 1.26. The second-order valence-corrected chi connectivity index (χ2v) is 6.03. The summed E-state index contributed by atoms with van der Waals surface area (Å²) in [6.07, 6.45) is 3.48. The molecule has 0 spiro atoms. The van der Waals surface area contributed by atoms with Crippen molar-refractivity contribution in [3.8, 4) is 0 Å². The first-order valence-electron chi connectivity index (χ1n) is 7.87. The van der Waals surface area contributed by atoms with Gasteiger partial charge in [0.1, 0.15) is 0 Å². The van der Waals surface area contributed by atoms with Crippen LogP contribution >= 0.6 is 0 Å². The molecular weight excluding hydrogens is 264 g/mol. The van der Waals surface area contributed by atoms with Crippen LogP contribution in [0.5, 0.6) is 0 Å². The van der Waals surface area contributed by atoms with Crippen molar-refractivity contribution in [1.29, 1.82) is 0 Å². The lowest BCUT2D eigenvalue weighted by molar-refractivity contribution is 0.122. The molecule has 116 valence electrons. The summed E-state index contributed by atoms with van der Waals surface area (Å²) in [6, 6.07) is 7.81. The number of hydrogen-bond donors (Lipinski definition) is 2. The lowest BCUT2D eigenvalue weighted by atomic mass is 10.0. The van der Waals surface area contributed by atoms with Crippen LogP contribution in [0.25, 0.3) is 0 Å². The maximum atomic E-state index is 11.8. The molecule has 4 nitrogen and oxygen atoms in total. The average Bonchev–Trinajstić information content (AvgIpc) is 3.27. The van der Waals surface area contributed by atoms with Gasteiger partial charge in [-0.05, 0) is 48.8 Å². The quantitative estimate of drug-likeness (QED) is 0.716. The molecular formula is C17H26N2O2. The normalized spacial score (nSPS) is 14.2. The first-order chi connectivity index (χ1) is 10.1. The molecule has 0 atom stereocenters. The fourth-order valence-electron chi connectivity index (χ4n) is 2.06. The van der Waals surface area contributed by atoms with Crippen LogP contribution in [0.2, 0.25) is 0 Å². The molecule has 2 rings (SSSR count). The van der Waals surface area contributed by atoms with Gasteiger partial charge in [0.25, 0.3) is 0 Å². The van der Waals surface area contributed by atoms with E-state index in [4.69, 9.17) is 4.74 Å². The number of amides is 2. The molecule has 1 aromatic carbocycles. The van der Waals surface area contributed by atoms with Crippen molar-refractivity contribution in [2.24, 2.45) is 5.92 Å². The van der Waals surface area contributed by atoms with E-state index in [0.717, 1.165) is 31.2 Å². The van der Waals surface area contributed by atoms with E-state index in [9.17, 15) is 4.79 Å². The zero-order chi connectivity index (χ0) is 15.1. The minimum absolute atomic E-state index is 0.155. The fraction of sp³-hybridized carbons (Fsp3) is 0.588. The highest BCUT2D eigenvalue weighted by atomic mass is 16.5. The van der Waals surface area contributed by atoms with Crippen molar-refractivity contribution >= 4 is 11.7 Å². The molecule has 1 aliphatic carbocycles. The van der Waals surface area contributed by atoms with Crippen molar-refractivity contribution in [2.75, 3.05) is 25.1 Å². The molecule has 0 saturated heterocycles. The number of nitrogens with one attached hydrogen (secondary N) is 2. The summed E-state index contributed by atoms with van der Waals surface area (Å²) >= 11 is 0. The Balaban J connectivity index is 1.60. The van der Waals surface area contributed by atoms with Gasteiger partial charge in [-0.25, -0.2) is 4.79 Å². The van der Waals surface area contributed by atoms with Crippen molar-refractivity contribution in [2.45, 2.75) is 39.0 Å². The smallest absolute Gasteiger partial charge is 0.319 e. The summed E-state index contributed by atoms with van der Waals surface area (Å²) < 4.78 is 5.53. The maximum Gasteiger partial charge on any atom is 0.319 e. The lowest BCUT2D eigenvalue weighted by Gasteiger charge is -2.10. The molecule has 2 amide bonds. The fourth-order valence-corrected chi connectivity index (χ4v) is 2.06. The Labute approximate surface area is 127 Å². The van der Waals surface area contributed by atoms with E-state index in [1.807, 2.05) is 18.2 Å². The van der Waals surface area contributed by atoms with Crippen LogP contribution in [0, 0.1) is 5.92 Å². The van der Waals surface area contributed by atoms with Crippen LogP contribution in [0.3, 0.4) is 0 Å². The summed E-state index contributed by atoms with van der Waals surface area (Å²) in [5.41, 5.74) is 2.06. The van der Waals surface area contributed by atoms with Gasteiger partial charge in [0.2, 0.25) is 0 Å². The Morgan fingerprint density at radius 2 is 2.19 bits per heavy atom. The van der Waals surface area contributed by atoms with Crippen molar-refractivity contribution in [3.05, 3.63) is 29.8 Å². The van der Waals surface area contributed by atoms with Gasteiger partial charge >= 0.3 is 6.03 Å². The zero-order valence-electron chi connectivity index (χ0n) is 13.0. The van der Waals surface area contributed by atoms with Gasteiger partial charge in [-0.2, -0.15) is 0 Å². The minimum Gasteiger partial charge on any atom is -0.381 e. The van der Waals surface area contributed by atoms with Gasteiger partial charge < -0.3 is 15.4 Å². The Kier molecular flexibility index (Phi) is 6.05. The second kappa shape index (κ2) is 8.03. The van der Waals surface area contributed by atoms with Crippen LogP contribution in [-0.4, -0.2) is 25.8 Å².